The molecule has 0 fully saturated rings. The van der Waals surface area contributed by atoms with Gasteiger partial charge in [0.1, 0.15) is 11.1 Å². The topological polar surface area (TPSA) is 76.7 Å². The van der Waals surface area contributed by atoms with Crippen LogP contribution in [-0.4, -0.2) is 5.91 Å². The molecule has 1 aliphatic carbocycles. The monoisotopic (exact) mass is 307 g/mol. The molecular weight excluding hydrogens is 294 g/mol. The van der Waals surface area contributed by atoms with Crippen LogP contribution in [0.5, 0.6) is 0 Å². The number of rotatable bonds is 2. The summed E-state index contributed by atoms with van der Waals surface area (Å²) in [6.45, 7) is 0. The summed E-state index contributed by atoms with van der Waals surface area (Å²) in [6.07, 6.45) is 4.12. The number of aryl methyl sites for hydroxylation is 1. The van der Waals surface area contributed by atoms with Gasteiger partial charge in [-0.1, -0.05) is 6.07 Å². The maximum atomic E-state index is 12.3. The molecule has 1 heterocycles. The van der Waals surface area contributed by atoms with Crippen LogP contribution in [-0.2, 0) is 12.8 Å². The zero-order valence-electron chi connectivity index (χ0n) is 11.8. The zero-order valence-corrected chi connectivity index (χ0v) is 12.7. The Morgan fingerprint density at radius 3 is 2.77 bits per heavy atom. The molecule has 0 radical (unpaired) electrons. The minimum absolute atomic E-state index is 0.285. The van der Waals surface area contributed by atoms with Crippen LogP contribution in [0.3, 0.4) is 0 Å². The number of benzene rings is 1. The molecule has 3 rings (SSSR count). The highest BCUT2D eigenvalue weighted by atomic mass is 32.1. The van der Waals surface area contributed by atoms with Crippen molar-refractivity contribution in [3.05, 3.63) is 51.4 Å². The minimum Gasteiger partial charge on any atom is -0.312 e. The van der Waals surface area contributed by atoms with Gasteiger partial charge in [0.15, 0.2) is 0 Å². The molecule has 108 valence electrons. The van der Waals surface area contributed by atoms with Gasteiger partial charge in [0.25, 0.3) is 5.91 Å². The maximum Gasteiger partial charge on any atom is 0.256 e. The largest absolute Gasteiger partial charge is 0.312 e. The third kappa shape index (κ3) is 2.59. The Bertz CT molecular complexity index is 823. The van der Waals surface area contributed by atoms with Gasteiger partial charge in [-0.15, -0.1) is 11.3 Å². The molecule has 1 aliphatic rings. The summed E-state index contributed by atoms with van der Waals surface area (Å²) in [5, 5.41) is 21.8. The van der Waals surface area contributed by atoms with Crippen LogP contribution in [0.1, 0.15) is 44.8 Å². The Kier molecular flexibility index (Phi) is 3.91. The zero-order chi connectivity index (χ0) is 15.5. The number of fused-ring (bicyclic) bond motifs is 1. The quantitative estimate of drug-likeness (QED) is 0.920. The highest BCUT2D eigenvalue weighted by Gasteiger charge is 2.22. The SMILES string of the molecule is N#Cc1cccc(C(=O)Nc2sc3c(c2C#N)CCCC3)c1. The fraction of sp³-hybridized carbons (Fsp3) is 0.235. The molecule has 1 aromatic carbocycles. The van der Waals surface area contributed by atoms with E-state index in [-0.39, 0.29) is 5.91 Å². The van der Waals surface area contributed by atoms with Gasteiger partial charge in [-0.2, -0.15) is 10.5 Å². The van der Waals surface area contributed by atoms with E-state index in [1.54, 1.807) is 24.3 Å². The summed E-state index contributed by atoms with van der Waals surface area (Å²) in [5.74, 6) is -0.285. The van der Waals surface area contributed by atoms with E-state index in [4.69, 9.17) is 5.26 Å². The van der Waals surface area contributed by atoms with Gasteiger partial charge < -0.3 is 5.32 Å². The normalized spacial score (nSPS) is 12.8. The summed E-state index contributed by atoms with van der Waals surface area (Å²) >= 11 is 1.50. The first-order valence-electron chi connectivity index (χ1n) is 7.09. The Labute approximate surface area is 132 Å². The van der Waals surface area contributed by atoms with Crippen molar-refractivity contribution in [1.29, 1.82) is 10.5 Å². The van der Waals surface area contributed by atoms with Crippen molar-refractivity contribution in [2.75, 3.05) is 5.32 Å². The summed E-state index contributed by atoms with van der Waals surface area (Å²) in [7, 11) is 0. The second-order valence-electron chi connectivity index (χ2n) is 5.17. The maximum absolute atomic E-state index is 12.3. The lowest BCUT2D eigenvalue weighted by atomic mass is 9.96. The number of amides is 1. The van der Waals surface area contributed by atoms with Crippen molar-refractivity contribution >= 4 is 22.2 Å². The number of hydrogen-bond acceptors (Lipinski definition) is 4. The van der Waals surface area contributed by atoms with Gasteiger partial charge >= 0.3 is 0 Å². The van der Waals surface area contributed by atoms with E-state index < -0.39 is 0 Å². The number of nitrogens with one attached hydrogen (secondary N) is 1. The van der Waals surface area contributed by atoms with Crippen molar-refractivity contribution in [3.8, 4) is 12.1 Å². The average Bonchev–Trinajstić information content (AvgIpc) is 2.91. The van der Waals surface area contributed by atoms with Gasteiger partial charge in [0.05, 0.1) is 17.2 Å². The fourth-order valence-corrected chi connectivity index (χ4v) is 3.91. The standard InChI is InChI=1S/C17H13N3OS/c18-9-11-4-3-5-12(8-11)16(21)20-17-14(10-19)13-6-1-2-7-15(13)22-17/h3-5,8H,1-2,6-7H2,(H,20,21). The molecule has 1 N–H and O–H groups in total. The lowest BCUT2D eigenvalue weighted by molar-refractivity contribution is 0.102. The molecule has 0 bridgehead atoms. The van der Waals surface area contributed by atoms with Crippen LogP contribution in [0.2, 0.25) is 0 Å². The second-order valence-corrected chi connectivity index (χ2v) is 6.28. The molecule has 5 heteroatoms. The molecule has 1 aromatic heterocycles. The number of carbonyl (C=O) groups excluding carboxylic acids is 1. The number of thiophene rings is 1. The predicted molar refractivity (Wildman–Crippen MR) is 84.8 cm³/mol. The molecule has 0 spiro atoms. The Balaban J connectivity index is 1.90. The Hall–Kier alpha value is -2.63. The van der Waals surface area contributed by atoms with E-state index in [1.807, 2.05) is 6.07 Å². The van der Waals surface area contributed by atoms with Crippen molar-refractivity contribution in [1.82, 2.24) is 0 Å². The van der Waals surface area contributed by atoms with Crippen molar-refractivity contribution < 1.29 is 4.79 Å². The number of nitrogens with zero attached hydrogens (tertiary/aromatic N) is 2. The second kappa shape index (κ2) is 6.01. The molecule has 1 amide bonds. The Morgan fingerprint density at radius 1 is 1.18 bits per heavy atom. The first kappa shape index (κ1) is 14.3. The minimum atomic E-state index is -0.285. The first-order chi connectivity index (χ1) is 10.7. The lowest BCUT2D eigenvalue weighted by Gasteiger charge is -2.09. The van der Waals surface area contributed by atoms with Crippen LogP contribution in [0.15, 0.2) is 24.3 Å². The number of anilines is 1. The van der Waals surface area contributed by atoms with Crippen LogP contribution in [0.4, 0.5) is 5.00 Å². The van der Waals surface area contributed by atoms with Gasteiger partial charge in [0, 0.05) is 10.4 Å². The number of carbonyl (C=O) groups is 1. The molecule has 4 nitrogen and oxygen atoms in total. The van der Waals surface area contributed by atoms with Crippen molar-refractivity contribution in [3.63, 3.8) is 0 Å². The average molecular weight is 307 g/mol. The van der Waals surface area contributed by atoms with E-state index in [1.165, 1.54) is 16.2 Å². The molecule has 0 atom stereocenters. The van der Waals surface area contributed by atoms with Crippen LogP contribution < -0.4 is 5.32 Å². The fourth-order valence-electron chi connectivity index (χ4n) is 2.68. The molecule has 22 heavy (non-hydrogen) atoms. The van der Waals surface area contributed by atoms with Crippen LogP contribution in [0.25, 0.3) is 0 Å². The first-order valence-corrected chi connectivity index (χ1v) is 7.90. The number of nitriles is 2. The lowest BCUT2D eigenvalue weighted by Crippen LogP contribution is -2.12. The Morgan fingerprint density at radius 2 is 2.00 bits per heavy atom. The number of hydrogen-bond donors (Lipinski definition) is 1. The smallest absolute Gasteiger partial charge is 0.256 e. The van der Waals surface area contributed by atoms with Gasteiger partial charge in [-0.25, -0.2) is 0 Å². The molecule has 0 saturated heterocycles. The van der Waals surface area contributed by atoms with E-state index in [0.717, 1.165) is 31.2 Å². The summed E-state index contributed by atoms with van der Waals surface area (Å²) < 4.78 is 0. The highest BCUT2D eigenvalue weighted by molar-refractivity contribution is 7.16. The third-order valence-corrected chi connectivity index (χ3v) is 4.97. The van der Waals surface area contributed by atoms with Crippen molar-refractivity contribution in [2.24, 2.45) is 0 Å². The molecule has 0 aliphatic heterocycles. The van der Waals surface area contributed by atoms with Gasteiger partial charge in [-0.3, -0.25) is 4.79 Å². The van der Waals surface area contributed by atoms with Gasteiger partial charge in [-0.05, 0) is 49.4 Å². The molecular formula is C17H13N3OS. The molecule has 2 aromatic rings. The molecule has 0 unspecified atom stereocenters. The van der Waals surface area contributed by atoms with Gasteiger partial charge in [0.2, 0.25) is 0 Å². The van der Waals surface area contributed by atoms with Crippen LogP contribution >= 0.6 is 11.3 Å². The van der Waals surface area contributed by atoms with E-state index in [2.05, 4.69) is 11.4 Å². The van der Waals surface area contributed by atoms with E-state index in [9.17, 15) is 10.1 Å². The summed E-state index contributed by atoms with van der Waals surface area (Å²) in [5.41, 5.74) is 2.57. The van der Waals surface area contributed by atoms with Crippen LogP contribution in [0, 0.1) is 22.7 Å². The predicted octanol–water partition coefficient (Wildman–Crippen LogP) is 3.62. The third-order valence-electron chi connectivity index (χ3n) is 3.76. The van der Waals surface area contributed by atoms with E-state index >= 15 is 0 Å². The van der Waals surface area contributed by atoms with E-state index in [0.29, 0.717) is 21.7 Å². The van der Waals surface area contributed by atoms with Crippen molar-refractivity contribution in [2.45, 2.75) is 25.7 Å². The molecule has 0 saturated carbocycles. The summed E-state index contributed by atoms with van der Waals surface area (Å²) in [4.78, 5) is 13.6. The summed E-state index contributed by atoms with van der Waals surface area (Å²) in [6, 6.07) is 10.8. The highest BCUT2D eigenvalue weighted by Crippen LogP contribution is 2.37.